The molecule has 5 heteroatoms. The van der Waals surface area contributed by atoms with Crippen LogP contribution in [-0.2, 0) is 19.4 Å². The quantitative estimate of drug-likeness (QED) is 0.823. The summed E-state index contributed by atoms with van der Waals surface area (Å²) in [5, 5.41) is 9.53. The average Bonchev–Trinajstić information content (AvgIpc) is 3.32. The molecule has 0 atom stereocenters. The lowest BCUT2D eigenvalue weighted by atomic mass is 9.88. The van der Waals surface area contributed by atoms with E-state index in [1.807, 2.05) is 6.20 Å². The van der Waals surface area contributed by atoms with Gasteiger partial charge in [-0.25, -0.2) is 4.68 Å². The number of nitrogens with one attached hydrogen (secondary N) is 1. The zero-order valence-corrected chi connectivity index (χ0v) is 15.0. The van der Waals surface area contributed by atoms with Gasteiger partial charge < -0.3 is 5.32 Å². The van der Waals surface area contributed by atoms with Crippen LogP contribution >= 0.6 is 0 Å². The Kier molecular flexibility index (Phi) is 3.92. The molecule has 0 radical (unpaired) electrons. The predicted molar refractivity (Wildman–Crippen MR) is 99.2 cm³/mol. The van der Waals surface area contributed by atoms with E-state index in [1.165, 1.54) is 36.6 Å². The minimum absolute atomic E-state index is 0.282. The maximum Gasteiger partial charge on any atom is 0.255 e. The molecule has 0 spiro atoms. The van der Waals surface area contributed by atoms with Crippen molar-refractivity contribution in [2.24, 2.45) is 0 Å². The van der Waals surface area contributed by atoms with Crippen molar-refractivity contribution in [2.45, 2.75) is 82.8 Å². The Morgan fingerprint density at radius 3 is 2.60 bits per heavy atom. The van der Waals surface area contributed by atoms with Crippen LogP contribution in [0.5, 0.6) is 0 Å². The molecule has 2 heterocycles. The van der Waals surface area contributed by atoms with E-state index in [-0.39, 0.29) is 5.56 Å². The molecule has 0 amide bonds. The zero-order chi connectivity index (χ0) is 16.8. The highest BCUT2D eigenvalue weighted by Crippen LogP contribution is 2.35. The van der Waals surface area contributed by atoms with Crippen molar-refractivity contribution in [3.8, 4) is 0 Å². The third kappa shape index (κ3) is 2.73. The molecule has 25 heavy (non-hydrogen) atoms. The van der Waals surface area contributed by atoms with Crippen molar-refractivity contribution in [1.82, 2.24) is 19.7 Å². The van der Waals surface area contributed by atoms with Crippen LogP contribution in [0.3, 0.4) is 0 Å². The minimum Gasteiger partial charge on any atom is -0.314 e. The maximum absolute atomic E-state index is 13.2. The molecule has 2 saturated carbocycles. The van der Waals surface area contributed by atoms with E-state index in [1.54, 1.807) is 0 Å². The normalized spacial score (nSPS) is 20.6. The molecule has 2 fully saturated rings. The fourth-order valence-electron chi connectivity index (χ4n) is 4.50. The average molecular weight is 340 g/mol. The molecule has 0 aliphatic heterocycles. The fourth-order valence-corrected chi connectivity index (χ4v) is 4.50. The zero-order valence-electron chi connectivity index (χ0n) is 15.0. The second kappa shape index (κ2) is 6.27. The van der Waals surface area contributed by atoms with Crippen LogP contribution in [0.1, 0.15) is 68.5 Å². The Morgan fingerprint density at radius 1 is 1.08 bits per heavy atom. The van der Waals surface area contributed by atoms with Crippen LogP contribution in [-0.4, -0.2) is 26.9 Å². The van der Waals surface area contributed by atoms with Gasteiger partial charge >= 0.3 is 0 Å². The van der Waals surface area contributed by atoms with E-state index >= 15 is 0 Å². The lowest BCUT2D eigenvalue weighted by Gasteiger charge is -2.30. The Bertz CT molecular complexity index is 841. The van der Waals surface area contributed by atoms with Crippen LogP contribution in [0.15, 0.2) is 11.0 Å². The van der Waals surface area contributed by atoms with Gasteiger partial charge in [-0.3, -0.25) is 9.36 Å². The first-order chi connectivity index (χ1) is 12.3. The van der Waals surface area contributed by atoms with E-state index in [0.29, 0.717) is 6.04 Å². The summed E-state index contributed by atoms with van der Waals surface area (Å²) in [5.41, 5.74) is 3.76. The highest BCUT2D eigenvalue weighted by Gasteiger charge is 2.28. The monoisotopic (exact) mass is 340 g/mol. The molecule has 2 aromatic heterocycles. The number of hydrogen-bond donors (Lipinski definition) is 1. The number of fused-ring (bicyclic) bond motifs is 3. The molecule has 3 aliphatic carbocycles. The smallest absolute Gasteiger partial charge is 0.255 e. The third-order valence-corrected chi connectivity index (χ3v) is 6.31. The predicted octanol–water partition coefficient (Wildman–Crippen LogP) is 2.94. The van der Waals surface area contributed by atoms with Gasteiger partial charge in [-0.15, -0.1) is 0 Å². The van der Waals surface area contributed by atoms with Crippen LogP contribution < -0.4 is 10.9 Å². The summed E-state index contributed by atoms with van der Waals surface area (Å²) in [4.78, 5) is 13.2. The van der Waals surface area contributed by atoms with Crippen molar-refractivity contribution in [2.75, 3.05) is 6.54 Å². The van der Waals surface area contributed by atoms with Gasteiger partial charge in [0.05, 0.1) is 6.20 Å². The summed E-state index contributed by atoms with van der Waals surface area (Å²) in [6.07, 6.45) is 13.6. The summed E-state index contributed by atoms with van der Waals surface area (Å²) in [6, 6.07) is 1.15. The molecule has 0 aromatic carbocycles. The Balaban J connectivity index is 1.54. The first kappa shape index (κ1) is 15.6. The molecule has 2 aromatic rings. The number of rotatable bonds is 6. The van der Waals surface area contributed by atoms with E-state index in [2.05, 4.69) is 14.6 Å². The first-order valence-electron chi connectivity index (χ1n) is 10.2. The molecule has 5 rings (SSSR count). The van der Waals surface area contributed by atoms with Crippen molar-refractivity contribution in [3.63, 3.8) is 0 Å². The Morgan fingerprint density at radius 2 is 1.88 bits per heavy atom. The summed E-state index contributed by atoms with van der Waals surface area (Å²) < 4.78 is 4.23. The lowest BCUT2D eigenvalue weighted by molar-refractivity contribution is 0.309. The number of aryl methyl sites for hydroxylation is 2. The largest absolute Gasteiger partial charge is 0.314 e. The standard InChI is InChI=1S/C20H28N4O/c25-20-17-8-2-1-7-16(17)18-13-22-23(12-4-11-21-14-9-10-14)19(18)24(20)15-5-3-6-15/h13-15,21H,1-12H2. The van der Waals surface area contributed by atoms with Crippen molar-refractivity contribution in [3.05, 3.63) is 27.7 Å². The van der Waals surface area contributed by atoms with Crippen LogP contribution in [0, 0.1) is 0 Å². The molecule has 3 aliphatic rings. The maximum atomic E-state index is 13.2. The number of nitrogens with zero attached hydrogens (tertiary/aromatic N) is 3. The van der Waals surface area contributed by atoms with Gasteiger partial charge in [0.15, 0.2) is 0 Å². The van der Waals surface area contributed by atoms with Gasteiger partial charge in [-0.05, 0) is 76.3 Å². The van der Waals surface area contributed by atoms with Gasteiger partial charge in [-0.1, -0.05) is 0 Å². The lowest BCUT2D eigenvalue weighted by Crippen LogP contribution is -2.34. The second-order valence-electron chi connectivity index (χ2n) is 8.11. The second-order valence-corrected chi connectivity index (χ2v) is 8.11. The molecule has 0 saturated heterocycles. The topological polar surface area (TPSA) is 51.9 Å². The molecular formula is C20H28N4O. The Labute approximate surface area is 148 Å². The first-order valence-corrected chi connectivity index (χ1v) is 10.2. The summed E-state index contributed by atoms with van der Waals surface area (Å²) in [5.74, 6) is 0. The van der Waals surface area contributed by atoms with Crippen LogP contribution in [0.2, 0.25) is 0 Å². The molecule has 5 nitrogen and oxygen atoms in total. The number of aromatic nitrogens is 3. The minimum atomic E-state index is 0.282. The van der Waals surface area contributed by atoms with Crippen LogP contribution in [0.25, 0.3) is 11.0 Å². The van der Waals surface area contributed by atoms with Crippen molar-refractivity contribution >= 4 is 11.0 Å². The Hall–Kier alpha value is -1.62. The molecule has 1 N–H and O–H groups in total. The summed E-state index contributed by atoms with van der Waals surface area (Å²) in [7, 11) is 0. The fraction of sp³-hybridized carbons (Fsp3) is 0.700. The van der Waals surface area contributed by atoms with Gasteiger partial charge in [0.1, 0.15) is 5.65 Å². The number of pyridine rings is 1. The van der Waals surface area contributed by atoms with Gasteiger partial charge in [0.25, 0.3) is 5.56 Å². The molecule has 0 unspecified atom stereocenters. The summed E-state index contributed by atoms with van der Waals surface area (Å²) >= 11 is 0. The molecular weight excluding hydrogens is 312 g/mol. The SMILES string of the molecule is O=c1c2c(c3cnn(CCCNC4CC4)c3n1C1CCC1)CCCC2. The molecule has 0 bridgehead atoms. The van der Waals surface area contributed by atoms with E-state index in [4.69, 9.17) is 5.10 Å². The van der Waals surface area contributed by atoms with Crippen molar-refractivity contribution in [1.29, 1.82) is 0 Å². The van der Waals surface area contributed by atoms with Gasteiger partial charge in [-0.2, -0.15) is 5.10 Å². The van der Waals surface area contributed by atoms with E-state index < -0.39 is 0 Å². The highest BCUT2D eigenvalue weighted by atomic mass is 16.1. The van der Waals surface area contributed by atoms with Gasteiger partial charge in [0, 0.05) is 29.6 Å². The highest BCUT2D eigenvalue weighted by molar-refractivity contribution is 5.81. The van der Waals surface area contributed by atoms with Crippen LogP contribution in [0.4, 0.5) is 0 Å². The van der Waals surface area contributed by atoms with Crippen molar-refractivity contribution < 1.29 is 0 Å². The van der Waals surface area contributed by atoms with E-state index in [9.17, 15) is 4.79 Å². The van der Waals surface area contributed by atoms with E-state index in [0.717, 1.165) is 68.9 Å². The summed E-state index contributed by atoms with van der Waals surface area (Å²) in [6.45, 7) is 1.94. The van der Waals surface area contributed by atoms with Gasteiger partial charge in [0.2, 0.25) is 0 Å². The number of hydrogen-bond acceptors (Lipinski definition) is 3. The molecule has 134 valence electrons. The third-order valence-electron chi connectivity index (χ3n) is 6.31.